The van der Waals surface area contributed by atoms with Gasteiger partial charge in [0, 0.05) is 27.7 Å². The Morgan fingerprint density at radius 3 is 2.18 bits per heavy atom. The molecule has 0 saturated heterocycles. The maximum Gasteiger partial charge on any atom is 0.247 e. The van der Waals surface area contributed by atoms with E-state index >= 15 is 0 Å². The van der Waals surface area contributed by atoms with Crippen LogP contribution in [0.2, 0.25) is 10.0 Å². The van der Waals surface area contributed by atoms with E-state index in [1.807, 2.05) is 59.2 Å². The molecule has 164 valence electrons. The van der Waals surface area contributed by atoms with Crippen molar-refractivity contribution < 1.29 is 4.42 Å². The van der Waals surface area contributed by atoms with Crippen LogP contribution in [0.5, 0.6) is 0 Å². The van der Waals surface area contributed by atoms with E-state index in [0.717, 1.165) is 27.8 Å². The van der Waals surface area contributed by atoms with E-state index in [4.69, 9.17) is 27.6 Å². The second-order valence-electron chi connectivity index (χ2n) is 7.17. The minimum atomic E-state index is 0.450. The van der Waals surface area contributed by atoms with Crippen molar-refractivity contribution in [2.75, 3.05) is 0 Å². The number of rotatable bonds is 7. The second-order valence-corrected chi connectivity index (χ2v) is 8.98. The molecule has 0 bridgehead atoms. The molecule has 0 radical (unpaired) electrons. The van der Waals surface area contributed by atoms with Crippen molar-refractivity contribution in [2.45, 2.75) is 17.3 Å². The third-order valence-corrected chi connectivity index (χ3v) is 6.29. The number of halogens is 2. The van der Waals surface area contributed by atoms with E-state index in [9.17, 15) is 0 Å². The van der Waals surface area contributed by atoms with E-state index in [0.29, 0.717) is 34.0 Å². The summed E-state index contributed by atoms with van der Waals surface area (Å²) < 4.78 is 7.87. The van der Waals surface area contributed by atoms with Gasteiger partial charge in [-0.25, -0.2) is 0 Å². The first-order valence-electron chi connectivity index (χ1n) is 10.1. The molecule has 0 aliphatic rings. The number of thioether (sulfide) groups is 1. The molecule has 0 N–H and O–H groups in total. The van der Waals surface area contributed by atoms with Gasteiger partial charge in [0.2, 0.25) is 11.8 Å². The van der Waals surface area contributed by atoms with Crippen LogP contribution in [0.15, 0.2) is 88.4 Å². The summed E-state index contributed by atoms with van der Waals surface area (Å²) in [5, 5.41) is 19.3. The lowest BCUT2D eigenvalue weighted by molar-refractivity contribution is 0.528. The van der Waals surface area contributed by atoms with Crippen LogP contribution in [0.3, 0.4) is 0 Å². The molecular formula is C24H17Cl2N5OS. The highest BCUT2D eigenvalue weighted by atomic mass is 35.5. The van der Waals surface area contributed by atoms with Crippen LogP contribution in [0.25, 0.3) is 17.1 Å². The maximum atomic E-state index is 6.10. The van der Waals surface area contributed by atoms with Gasteiger partial charge in [0.25, 0.3) is 0 Å². The van der Waals surface area contributed by atoms with Crippen molar-refractivity contribution in [3.05, 3.63) is 106 Å². The van der Waals surface area contributed by atoms with Gasteiger partial charge >= 0.3 is 0 Å². The van der Waals surface area contributed by atoms with E-state index in [-0.39, 0.29) is 0 Å². The van der Waals surface area contributed by atoms with Crippen LogP contribution in [0, 0.1) is 0 Å². The molecular weight excluding hydrogens is 477 g/mol. The van der Waals surface area contributed by atoms with Crippen LogP contribution in [-0.4, -0.2) is 25.0 Å². The summed E-state index contributed by atoms with van der Waals surface area (Å²) in [6.07, 6.45) is 0.651. The van der Waals surface area contributed by atoms with Crippen molar-refractivity contribution >= 4 is 35.0 Å². The van der Waals surface area contributed by atoms with Gasteiger partial charge in [0.05, 0.1) is 5.75 Å². The molecule has 9 heteroatoms. The van der Waals surface area contributed by atoms with E-state index < -0.39 is 0 Å². The average Bonchev–Trinajstić information content (AvgIpc) is 3.47. The highest BCUT2D eigenvalue weighted by Crippen LogP contribution is 2.28. The fourth-order valence-electron chi connectivity index (χ4n) is 3.28. The highest BCUT2D eigenvalue weighted by molar-refractivity contribution is 7.98. The van der Waals surface area contributed by atoms with E-state index in [1.54, 1.807) is 12.1 Å². The molecule has 2 aromatic heterocycles. The molecule has 33 heavy (non-hydrogen) atoms. The van der Waals surface area contributed by atoms with Crippen LogP contribution in [0.1, 0.15) is 17.3 Å². The Kier molecular flexibility index (Phi) is 6.44. The van der Waals surface area contributed by atoms with Crippen molar-refractivity contribution in [1.29, 1.82) is 0 Å². The van der Waals surface area contributed by atoms with Crippen molar-refractivity contribution in [2.24, 2.45) is 0 Å². The number of aromatic nitrogens is 5. The lowest BCUT2D eigenvalue weighted by atomic mass is 10.1. The minimum Gasteiger partial charge on any atom is -0.420 e. The Morgan fingerprint density at radius 2 is 1.45 bits per heavy atom. The number of hydrogen-bond acceptors (Lipinski definition) is 6. The third kappa shape index (κ3) is 5.11. The van der Waals surface area contributed by atoms with Crippen LogP contribution in [0.4, 0.5) is 0 Å². The Hall–Kier alpha value is -3.13. The molecule has 0 unspecified atom stereocenters. The Bertz CT molecular complexity index is 1350. The molecule has 0 atom stereocenters. The highest BCUT2D eigenvalue weighted by Gasteiger charge is 2.17. The summed E-state index contributed by atoms with van der Waals surface area (Å²) >= 11 is 13.5. The summed E-state index contributed by atoms with van der Waals surface area (Å²) in [5.74, 6) is 2.24. The lowest BCUT2D eigenvalue weighted by Crippen LogP contribution is -2.04. The van der Waals surface area contributed by atoms with Gasteiger partial charge in [-0.15, -0.1) is 20.4 Å². The van der Waals surface area contributed by atoms with Gasteiger partial charge in [-0.05, 0) is 54.1 Å². The van der Waals surface area contributed by atoms with Gasteiger partial charge in [0.15, 0.2) is 5.16 Å². The lowest BCUT2D eigenvalue weighted by Gasteiger charge is -2.10. The normalized spacial score (nSPS) is 11.1. The zero-order valence-corrected chi connectivity index (χ0v) is 19.6. The van der Waals surface area contributed by atoms with Gasteiger partial charge in [-0.1, -0.05) is 65.3 Å². The molecule has 5 aromatic rings. The third-order valence-electron chi connectivity index (χ3n) is 4.87. The molecule has 5 rings (SSSR count). The molecule has 0 aliphatic carbocycles. The quantitative estimate of drug-likeness (QED) is 0.240. The van der Waals surface area contributed by atoms with Crippen molar-refractivity contribution in [3.63, 3.8) is 0 Å². The molecule has 0 aliphatic heterocycles. The van der Waals surface area contributed by atoms with Crippen LogP contribution >= 0.6 is 35.0 Å². The van der Waals surface area contributed by atoms with Gasteiger partial charge in [-0.2, -0.15) is 0 Å². The smallest absolute Gasteiger partial charge is 0.247 e. The number of nitrogens with zero attached hydrogens (tertiary/aromatic N) is 5. The summed E-state index contributed by atoms with van der Waals surface area (Å²) in [4.78, 5) is 0. The summed E-state index contributed by atoms with van der Waals surface area (Å²) in [6, 6.07) is 25.1. The molecule has 6 nitrogen and oxygen atoms in total. The molecule has 0 fully saturated rings. The SMILES string of the molecule is Clc1ccc(-c2nnc(CSc3nnc(Cc4ccccc4)n3-c3ccc(Cl)cc3)o2)cc1. The fraction of sp³-hybridized carbons (Fsp3) is 0.0833. The topological polar surface area (TPSA) is 69.6 Å². The summed E-state index contributed by atoms with van der Waals surface area (Å²) in [6.45, 7) is 0. The van der Waals surface area contributed by atoms with Gasteiger partial charge < -0.3 is 4.42 Å². The predicted molar refractivity (Wildman–Crippen MR) is 130 cm³/mol. The number of hydrogen-bond donors (Lipinski definition) is 0. The Morgan fingerprint density at radius 1 is 0.758 bits per heavy atom. The summed E-state index contributed by atoms with van der Waals surface area (Å²) in [7, 11) is 0. The average molecular weight is 494 g/mol. The molecule has 0 spiro atoms. The number of benzene rings is 3. The Balaban J connectivity index is 1.40. The first-order valence-corrected chi connectivity index (χ1v) is 11.8. The minimum absolute atomic E-state index is 0.450. The molecule has 2 heterocycles. The largest absolute Gasteiger partial charge is 0.420 e. The molecule has 3 aromatic carbocycles. The summed E-state index contributed by atoms with van der Waals surface area (Å²) in [5.41, 5.74) is 2.91. The molecule has 0 saturated carbocycles. The fourth-order valence-corrected chi connectivity index (χ4v) is 4.34. The van der Waals surface area contributed by atoms with Crippen molar-refractivity contribution in [1.82, 2.24) is 25.0 Å². The molecule has 0 amide bonds. The van der Waals surface area contributed by atoms with Crippen LogP contribution in [-0.2, 0) is 12.2 Å². The monoisotopic (exact) mass is 493 g/mol. The van der Waals surface area contributed by atoms with Crippen molar-refractivity contribution in [3.8, 4) is 17.1 Å². The standard InChI is InChI=1S/C24H17Cl2N5OS/c25-18-8-6-17(7-9-18)23-29-28-22(32-23)15-33-24-30-27-21(14-16-4-2-1-3-5-16)31(24)20-12-10-19(26)11-13-20/h1-13H,14-15H2. The Labute approximate surface area is 204 Å². The van der Waals surface area contributed by atoms with Crippen LogP contribution < -0.4 is 0 Å². The van der Waals surface area contributed by atoms with Gasteiger partial charge in [-0.3, -0.25) is 4.57 Å². The zero-order valence-electron chi connectivity index (χ0n) is 17.2. The zero-order chi connectivity index (χ0) is 22.6. The maximum absolute atomic E-state index is 6.10. The van der Waals surface area contributed by atoms with E-state index in [1.165, 1.54) is 11.8 Å². The first-order chi connectivity index (χ1) is 16.2. The van der Waals surface area contributed by atoms with E-state index in [2.05, 4.69) is 32.5 Å². The first kappa shape index (κ1) is 21.7. The second kappa shape index (κ2) is 9.79. The predicted octanol–water partition coefficient (Wildman–Crippen LogP) is 6.51. The van der Waals surface area contributed by atoms with Gasteiger partial charge in [0.1, 0.15) is 5.82 Å².